The number of carboxylic acid groups (broad SMARTS) is 1. The summed E-state index contributed by atoms with van der Waals surface area (Å²) in [5.41, 5.74) is 5.53. The Morgan fingerprint density at radius 3 is 2.06 bits per heavy atom. The summed E-state index contributed by atoms with van der Waals surface area (Å²) in [6.07, 6.45) is 0. The number of carbonyl (C=O) groups excluding carboxylic acids is 1. The molecule has 0 heterocycles. The number of carboxylic acids is 1. The van der Waals surface area contributed by atoms with E-state index in [0.29, 0.717) is 28.4 Å². The summed E-state index contributed by atoms with van der Waals surface area (Å²) in [6, 6.07) is 27.3. The van der Waals surface area contributed by atoms with Crippen LogP contribution in [0.25, 0.3) is 0 Å². The molecular formula is C29H25ClN2O3. The minimum absolute atomic E-state index is 0.0576. The van der Waals surface area contributed by atoms with E-state index in [0.717, 1.165) is 22.5 Å². The number of rotatable bonds is 8. The molecule has 0 saturated heterocycles. The van der Waals surface area contributed by atoms with E-state index in [1.807, 2.05) is 79.5 Å². The molecule has 4 aromatic rings. The molecule has 0 aliphatic carbocycles. The third-order valence-electron chi connectivity index (χ3n) is 5.92. The summed E-state index contributed by atoms with van der Waals surface area (Å²) in [6.45, 7) is 2.54. The number of aromatic carboxylic acids is 1. The Balaban J connectivity index is 1.56. The van der Waals surface area contributed by atoms with Crippen LogP contribution >= 0.6 is 11.6 Å². The summed E-state index contributed by atoms with van der Waals surface area (Å²) >= 11 is 5.98. The van der Waals surface area contributed by atoms with Crippen LogP contribution in [0.2, 0.25) is 5.02 Å². The van der Waals surface area contributed by atoms with Gasteiger partial charge in [-0.25, -0.2) is 4.79 Å². The Bertz CT molecular complexity index is 1370. The average Bonchev–Trinajstić information content (AvgIpc) is 2.87. The number of benzene rings is 4. The van der Waals surface area contributed by atoms with Crippen LogP contribution in [-0.4, -0.2) is 23.9 Å². The topological polar surface area (TPSA) is 69.6 Å². The molecular weight excluding hydrogens is 460 g/mol. The molecule has 35 heavy (non-hydrogen) atoms. The van der Waals surface area contributed by atoms with E-state index >= 15 is 0 Å². The van der Waals surface area contributed by atoms with E-state index in [9.17, 15) is 14.7 Å². The average molecular weight is 485 g/mol. The number of carbonyl (C=O) groups is 2. The summed E-state index contributed by atoms with van der Waals surface area (Å²) in [4.78, 5) is 26.9. The van der Waals surface area contributed by atoms with Gasteiger partial charge in [0.25, 0.3) is 0 Å². The third kappa shape index (κ3) is 5.70. The van der Waals surface area contributed by atoms with E-state index in [1.54, 1.807) is 24.3 Å². The van der Waals surface area contributed by atoms with Gasteiger partial charge in [0.15, 0.2) is 5.78 Å². The van der Waals surface area contributed by atoms with E-state index in [4.69, 9.17) is 11.6 Å². The van der Waals surface area contributed by atoms with Gasteiger partial charge in [0.05, 0.1) is 5.56 Å². The van der Waals surface area contributed by atoms with Crippen molar-refractivity contribution >= 4 is 40.4 Å². The zero-order valence-electron chi connectivity index (χ0n) is 19.5. The lowest BCUT2D eigenvalue weighted by Gasteiger charge is -2.20. The SMILES string of the molecule is Cc1ccccc1CNc1cc(C(=O)O)cc(C(=O)c2ccc(N(C)c3ccc(Cl)cc3)cc2)c1. The van der Waals surface area contributed by atoms with Crippen molar-refractivity contribution in [3.05, 3.63) is 124 Å². The molecule has 0 aliphatic heterocycles. The zero-order chi connectivity index (χ0) is 24.9. The monoisotopic (exact) mass is 484 g/mol. The lowest BCUT2D eigenvalue weighted by molar-refractivity contribution is 0.0697. The second-order valence-corrected chi connectivity index (χ2v) is 8.73. The van der Waals surface area contributed by atoms with E-state index < -0.39 is 5.97 Å². The molecule has 0 fully saturated rings. The molecule has 0 unspecified atom stereocenters. The van der Waals surface area contributed by atoms with E-state index in [1.165, 1.54) is 6.07 Å². The van der Waals surface area contributed by atoms with Crippen LogP contribution in [-0.2, 0) is 6.54 Å². The standard InChI is InChI=1S/C29H25ClN2O3/c1-19-5-3-4-6-21(19)18-31-25-16-22(15-23(17-25)29(34)35)28(33)20-7-11-26(12-8-20)32(2)27-13-9-24(30)10-14-27/h3-17,31H,18H2,1-2H3,(H,34,35). The Labute approximate surface area is 209 Å². The number of nitrogens with one attached hydrogen (secondary N) is 1. The summed E-state index contributed by atoms with van der Waals surface area (Å²) in [7, 11) is 1.93. The highest BCUT2D eigenvalue weighted by molar-refractivity contribution is 6.30. The number of anilines is 3. The molecule has 0 aliphatic rings. The van der Waals surface area contributed by atoms with Gasteiger partial charge in [-0.15, -0.1) is 0 Å². The van der Waals surface area contributed by atoms with Crippen molar-refractivity contribution in [3.63, 3.8) is 0 Å². The third-order valence-corrected chi connectivity index (χ3v) is 6.17. The molecule has 4 aromatic carbocycles. The fourth-order valence-corrected chi connectivity index (χ4v) is 3.93. The molecule has 2 N–H and O–H groups in total. The van der Waals surface area contributed by atoms with Crippen LogP contribution in [0.1, 0.15) is 37.4 Å². The zero-order valence-corrected chi connectivity index (χ0v) is 20.2. The highest BCUT2D eigenvalue weighted by Gasteiger charge is 2.15. The Hall–Kier alpha value is -4.09. The van der Waals surface area contributed by atoms with Gasteiger partial charge in [0.2, 0.25) is 0 Å². The first kappa shape index (κ1) is 24.0. The number of halogens is 1. The highest BCUT2D eigenvalue weighted by Crippen LogP contribution is 2.26. The predicted octanol–water partition coefficient (Wildman–Crippen LogP) is 6.96. The van der Waals surface area contributed by atoms with Gasteiger partial charge in [-0.05, 0) is 84.8 Å². The highest BCUT2D eigenvalue weighted by atomic mass is 35.5. The van der Waals surface area contributed by atoms with Crippen LogP contribution in [0.5, 0.6) is 0 Å². The fraction of sp³-hybridized carbons (Fsp3) is 0.103. The molecule has 176 valence electrons. The van der Waals surface area contributed by atoms with Crippen LogP contribution in [0.3, 0.4) is 0 Å². The summed E-state index contributed by atoms with van der Waals surface area (Å²) in [5, 5.41) is 13.5. The quantitative estimate of drug-likeness (QED) is 0.264. The van der Waals surface area contributed by atoms with Gasteiger partial charge >= 0.3 is 5.97 Å². The molecule has 6 heteroatoms. The molecule has 0 spiro atoms. The van der Waals surface area contributed by atoms with Crippen LogP contribution in [0.4, 0.5) is 17.1 Å². The van der Waals surface area contributed by atoms with Crippen LogP contribution in [0.15, 0.2) is 91.0 Å². The number of hydrogen-bond acceptors (Lipinski definition) is 4. The Morgan fingerprint density at radius 2 is 1.43 bits per heavy atom. The minimum Gasteiger partial charge on any atom is -0.478 e. The summed E-state index contributed by atoms with van der Waals surface area (Å²) < 4.78 is 0. The summed E-state index contributed by atoms with van der Waals surface area (Å²) in [5.74, 6) is -1.33. The van der Waals surface area contributed by atoms with Crippen LogP contribution < -0.4 is 10.2 Å². The lowest BCUT2D eigenvalue weighted by atomic mass is 9.99. The van der Waals surface area contributed by atoms with Crippen molar-refractivity contribution in [1.29, 1.82) is 0 Å². The van der Waals surface area contributed by atoms with E-state index in [2.05, 4.69) is 5.32 Å². The predicted molar refractivity (Wildman–Crippen MR) is 141 cm³/mol. The molecule has 0 amide bonds. The van der Waals surface area contributed by atoms with Gasteiger partial charge < -0.3 is 15.3 Å². The first-order valence-corrected chi connectivity index (χ1v) is 11.5. The van der Waals surface area contributed by atoms with Gasteiger partial charge in [-0.3, -0.25) is 4.79 Å². The number of aryl methyl sites for hydroxylation is 1. The second-order valence-electron chi connectivity index (χ2n) is 8.30. The fourth-order valence-electron chi connectivity index (χ4n) is 3.81. The van der Waals surface area contributed by atoms with Gasteiger partial charge in [0, 0.05) is 46.8 Å². The van der Waals surface area contributed by atoms with Gasteiger partial charge in [0.1, 0.15) is 0 Å². The van der Waals surface area contributed by atoms with Crippen molar-refractivity contribution in [2.45, 2.75) is 13.5 Å². The van der Waals surface area contributed by atoms with Gasteiger partial charge in [-0.2, -0.15) is 0 Å². The number of nitrogens with zero attached hydrogens (tertiary/aromatic N) is 1. The van der Waals surface area contributed by atoms with Crippen LogP contribution in [0, 0.1) is 6.92 Å². The minimum atomic E-state index is -1.08. The number of ketones is 1. The van der Waals surface area contributed by atoms with Crippen molar-refractivity contribution in [2.24, 2.45) is 0 Å². The first-order valence-electron chi connectivity index (χ1n) is 11.1. The maximum absolute atomic E-state index is 13.2. The van der Waals surface area contributed by atoms with Crippen molar-refractivity contribution in [2.75, 3.05) is 17.3 Å². The molecule has 0 aromatic heterocycles. The maximum atomic E-state index is 13.2. The van der Waals surface area contributed by atoms with Gasteiger partial charge in [-0.1, -0.05) is 35.9 Å². The normalized spacial score (nSPS) is 10.6. The first-order chi connectivity index (χ1) is 16.8. The second kappa shape index (κ2) is 10.5. The molecule has 4 rings (SSSR count). The number of hydrogen-bond donors (Lipinski definition) is 2. The van der Waals surface area contributed by atoms with Crippen molar-refractivity contribution in [1.82, 2.24) is 0 Å². The maximum Gasteiger partial charge on any atom is 0.335 e. The Morgan fingerprint density at radius 1 is 0.829 bits per heavy atom. The van der Waals surface area contributed by atoms with E-state index in [-0.39, 0.29) is 11.3 Å². The van der Waals surface area contributed by atoms with Crippen molar-refractivity contribution < 1.29 is 14.7 Å². The molecule has 0 saturated carbocycles. The lowest BCUT2D eigenvalue weighted by Crippen LogP contribution is -2.10. The molecule has 0 radical (unpaired) electrons. The van der Waals surface area contributed by atoms with Crippen molar-refractivity contribution in [3.8, 4) is 0 Å². The largest absolute Gasteiger partial charge is 0.478 e. The smallest absolute Gasteiger partial charge is 0.335 e. The Kier molecular flexibility index (Phi) is 7.18. The molecule has 0 atom stereocenters. The molecule has 0 bridgehead atoms. The molecule has 5 nitrogen and oxygen atoms in total.